The molecule has 2 amide bonds. The van der Waals surface area contributed by atoms with Crippen LogP contribution in [0.3, 0.4) is 0 Å². The minimum absolute atomic E-state index is 0.0920. The number of amides is 2. The molecule has 0 radical (unpaired) electrons. The molecular weight excluding hydrogens is 446 g/mol. The van der Waals surface area contributed by atoms with Crippen LogP contribution >= 0.6 is 23.4 Å². The predicted molar refractivity (Wildman–Crippen MR) is 130 cm³/mol. The van der Waals surface area contributed by atoms with Crippen LogP contribution in [0.25, 0.3) is 0 Å². The molecule has 3 aromatic rings. The van der Waals surface area contributed by atoms with Crippen LogP contribution in [0.15, 0.2) is 84.0 Å². The van der Waals surface area contributed by atoms with Crippen molar-refractivity contribution in [3.8, 4) is 5.75 Å². The lowest BCUT2D eigenvalue weighted by molar-refractivity contribution is -0.119. The van der Waals surface area contributed by atoms with Gasteiger partial charge in [0, 0.05) is 16.5 Å². The molecular formula is C24H22ClN3O3S. The molecule has 2 N–H and O–H groups in total. The number of carbonyl (C=O) groups is 2. The van der Waals surface area contributed by atoms with E-state index in [-0.39, 0.29) is 18.4 Å². The van der Waals surface area contributed by atoms with Crippen molar-refractivity contribution < 1.29 is 14.3 Å². The number of carbonyl (C=O) groups excluding carboxylic acids is 2. The number of hydrogen-bond acceptors (Lipinski definition) is 5. The highest BCUT2D eigenvalue weighted by Gasteiger charge is 2.04. The average Bonchev–Trinajstić information content (AvgIpc) is 2.79. The number of hydrogen-bond donors (Lipinski definition) is 2. The Hall–Kier alpha value is -3.29. The molecule has 3 rings (SSSR count). The minimum Gasteiger partial charge on any atom is -0.484 e. The van der Waals surface area contributed by atoms with E-state index in [2.05, 4.69) is 15.8 Å². The monoisotopic (exact) mass is 467 g/mol. The molecule has 164 valence electrons. The fourth-order valence-electron chi connectivity index (χ4n) is 2.62. The van der Waals surface area contributed by atoms with Crippen molar-refractivity contribution in [3.05, 3.63) is 95.0 Å². The van der Waals surface area contributed by atoms with E-state index in [0.29, 0.717) is 22.3 Å². The van der Waals surface area contributed by atoms with Gasteiger partial charge in [-0.05, 0) is 59.7 Å². The van der Waals surface area contributed by atoms with E-state index < -0.39 is 0 Å². The van der Waals surface area contributed by atoms with Crippen molar-refractivity contribution in [1.82, 2.24) is 5.43 Å². The van der Waals surface area contributed by atoms with Gasteiger partial charge in [0.15, 0.2) is 6.61 Å². The molecule has 0 atom stereocenters. The standard InChI is InChI=1S/C24H22ClN3O3S/c25-20-6-4-5-19(13-20)16-32-17-24(30)28-26-14-18-9-11-22(12-10-18)31-15-23(29)27-21-7-2-1-3-8-21/h1-14H,15-17H2,(H,27,29)(H,28,30)/b26-14-. The average molecular weight is 468 g/mol. The van der Waals surface area contributed by atoms with E-state index in [0.717, 1.165) is 16.8 Å². The van der Waals surface area contributed by atoms with Gasteiger partial charge < -0.3 is 10.1 Å². The summed E-state index contributed by atoms with van der Waals surface area (Å²) in [4.78, 5) is 23.8. The lowest BCUT2D eigenvalue weighted by Gasteiger charge is -2.07. The first-order chi connectivity index (χ1) is 15.6. The van der Waals surface area contributed by atoms with E-state index in [1.54, 1.807) is 30.5 Å². The summed E-state index contributed by atoms with van der Waals surface area (Å²) >= 11 is 7.44. The summed E-state index contributed by atoms with van der Waals surface area (Å²) in [6, 6.07) is 23.8. The smallest absolute Gasteiger partial charge is 0.262 e. The number of nitrogens with one attached hydrogen (secondary N) is 2. The molecule has 32 heavy (non-hydrogen) atoms. The fraction of sp³-hybridized carbons (Fsp3) is 0.125. The first-order valence-electron chi connectivity index (χ1n) is 9.80. The number of para-hydroxylation sites is 1. The Morgan fingerprint density at radius 3 is 2.50 bits per heavy atom. The van der Waals surface area contributed by atoms with E-state index >= 15 is 0 Å². The lowest BCUT2D eigenvalue weighted by Crippen LogP contribution is -2.20. The van der Waals surface area contributed by atoms with Gasteiger partial charge in [0.25, 0.3) is 5.91 Å². The zero-order chi connectivity index (χ0) is 22.6. The third-order valence-electron chi connectivity index (χ3n) is 4.10. The van der Waals surface area contributed by atoms with Gasteiger partial charge in [-0.2, -0.15) is 5.10 Å². The van der Waals surface area contributed by atoms with Crippen LogP contribution in [-0.2, 0) is 15.3 Å². The number of rotatable bonds is 10. The van der Waals surface area contributed by atoms with Gasteiger partial charge in [-0.3, -0.25) is 9.59 Å². The molecule has 6 nitrogen and oxygen atoms in total. The molecule has 3 aromatic carbocycles. The summed E-state index contributed by atoms with van der Waals surface area (Å²) in [5, 5.41) is 7.41. The van der Waals surface area contributed by atoms with Gasteiger partial charge in [-0.15, -0.1) is 11.8 Å². The van der Waals surface area contributed by atoms with E-state index in [1.807, 2.05) is 54.6 Å². The zero-order valence-electron chi connectivity index (χ0n) is 17.2. The number of halogens is 1. The van der Waals surface area contributed by atoms with Crippen molar-refractivity contribution in [2.75, 3.05) is 17.7 Å². The highest BCUT2D eigenvalue weighted by molar-refractivity contribution is 7.99. The van der Waals surface area contributed by atoms with Crippen molar-refractivity contribution in [2.24, 2.45) is 5.10 Å². The molecule has 0 fully saturated rings. The summed E-state index contributed by atoms with van der Waals surface area (Å²) < 4.78 is 5.49. The maximum Gasteiger partial charge on any atom is 0.262 e. The van der Waals surface area contributed by atoms with Gasteiger partial charge in [-0.1, -0.05) is 41.9 Å². The van der Waals surface area contributed by atoms with Gasteiger partial charge in [0.05, 0.1) is 12.0 Å². The highest BCUT2D eigenvalue weighted by Crippen LogP contribution is 2.16. The third kappa shape index (κ3) is 8.45. The summed E-state index contributed by atoms with van der Waals surface area (Å²) in [7, 11) is 0. The minimum atomic E-state index is -0.238. The van der Waals surface area contributed by atoms with Crippen molar-refractivity contribution in [2.45, 2.75) is 5.75 Å². The van der Waals surface area contributed by atoms with Crippen LogP contribution in [0.4, 0.5) is 5.69 Å². The van der Waals surface area contributed by atoms with Gasteiger partial charge in [-0.25, -0.2) is 5.43 Å². The van der Waals surface area contributed by atoms with Crippen LogP contribution < -0.4 is 15.5 Å². The van der Waals surface area contributed by atoms with Crippen LogP contribution in [-0.4, -0.2) is 30.4 Å². The summed E-state index contributed by atoms with van der Waals surface area (Å²) in [6.45, 7) is -0.0920. The highest BCUT2D eigenvalue weighted by atomic mass is 35.5. The number of hydrazone groups is 1. The molecule has 0 bridgehead atoms. The quantitative estimate of drug-likeness (QED) is 0.333. The largest absolute Gasteiger partial charge is 0.484 e. The fourth-order valence-corrected chi connectivity index (χ4v) is 3.60. The second kappa shape index (κ2) is 12.5. The first kappa shape index (κ1) is 23.4. The summed E-state index contributed by atoms with van der Waals surface area (Å²) in [5.74, 6) is 1.13. The zero-order valence-corrected chi connectivity index (χ0v) is 18.7. The molecule has 0 aliphatic rings. The van der Waals surface area contributed by atoms with Gasteiger partial charge >= 0.3 is 0 Å². The molecule has 0 saturated heterocycles. The number of thioether (sulfide) groups is 1. The van der Waals surface area contributed by atoms with Crippen molar-refractivity contribution >= 4 is 47.1 Å². The Bertz CT molecular complexity index is 1060. The van der Waals surface area contributed by atoms with Crippen LogP contribution in [0.2, 0.25) is 5.02 Å². The second-order valence-electron chi connectivity index (χ2n) is 6.69. The Balaban J connectivity index is 1.35. The Morgan fingerprint density at radius 2 is 1.75 bits per heavy atom. The summed E-state index contributed by atoms with van der Waals surface area (Å²) in [5.41, 5.74) is 5.08. The molecule has 0 aliphatic carbocycles. The first-order valence-corrected chi connectivity index (χ1v) is 11.3. The molecule has 0 aromatic heterocycles. The molecule has 0 aliphatic heterocycles. The van der Waals surface area contributed by atoms with Crippen LogP contribution in [0, 0.1) is 0 Å². The Labute approximate surface area is 196 Å². The lowest BCUT2D eigenvalue weighted by atomic mass is 10.2. The Morgan fingerprint density at radius 1 is 0.969 bits per heavy atom. The number of anilines is 1. The maximum absolute atomic E-state index is 11.9. The topological polar surface area (TPSA) is 79.8 Å². The van der Waals surface area contributed by atoms with Crippen LogP contribution in [0.1, 0.15) is 11.1 Å². The SMILES string of the molecule is O=C(CSCc1cccc(Cl)c1)N/N=C\c1ccc(OCC(=O)Nc2ccccc2)cc1. The van der Waals surface area contributed by atoms with Crippen molar-refractivity contribution in [3.63, 3.8) is 0 Å². The van der Waals surface area contributed by atoms with E-state index in [1.165, 1.54) is 11.8 Å². The van der Waals surface area contributed by atoms with Crippen molar-refractivity contribution in [1.29, 1.82) is 0 Å². The van der Waals surface area contributed by atoms with E-state index in [9.17, 15) is 9.59 Å². The Kier molecular flexibility index (Phi) is 9.16. The van der Waals surface area contributed by atoms with Crippen LogP contribution in [0.5, 0.6) is 5.75 Å². The van der Waals surface area contributed by atoms with E-state index in [4.69, 9.17) is 16.3 Å². The normalized spacial score (nSPS) is 10.7. The number of ether oxygens (including phenoxy) is 1. The molecule has 8 heteroatoms. The molecule has 0 saturated carbocycles. The van der Waals surface area contributed by atoms with Gasteiger partial charge in [0.1, 0.15) is 5.75 Å². The predicted octanol–water partition coefficient (Wildman–Crippen LogP) is 4.74. The molecule has 0 unspecified atom stereocenters. The third-order valence-corrected chi connectivity index (χ3v) is 5.34. The molecule has 0 heterocycles. The summed E-state index contributed by atoms with van der Waals surface area (Å²) in [6.07, 6.45) is 1.55. The maximum atomic E-state index is 11.9. The second-order valence-corrected chi connectivity index (χ2v) is 8.11. The number of benzene rings is 3. The molecule has 0 spiro atoms. The number of nitrogens with zero attached hydrogens (tertiary/aromatic N) is 1. The van der Waals surface area contributed by atoms with Gasteiger partial charge in [0.2, 0.25) is 5.91 Å².